The fraction of sp³-hybridized carbons (Fsp3) is 0.379. The van der Waals surface area contributed by atoms with Gasteiger partial charge in [-0.25, -0.2) is 0 Å². The molecule has 0 radical (unpaired) electrons. The Bertz CT molecular complexity index is 1170. The number of carbonyl (C=O) groups excluding carboxylic acids is 6. The first-order valence-corrected chi connectivity index (χ1v) is 12.5. The second-order valence-electron chi connectivity index (χ2n) is 8.93. The Morgan fingerprint density at radius 3 is 1.55 bits per heavy atom. The Morgan fingerprint density at radius 1 is 0.775 bits per heavy atom. The van der Waals surface area contributed by atoms with Gasteiger partial charge in [0.15, 0.2) is 6.29 Å². The number of benzene rings is 2. The molecular weight excluding hydrogens is 520 g/mol. The summed E-state index contributed by atoms with van der Waals surface area (Å²) in [6, 6.07) is 13.4. The predicted octanol–water partition coefficient (Wildman–Crippen LogP) is 2.24. The maximum absolute atomic E-state index is 12.2. The van der Waals surface area contributed by atoms with E-state index < -0.39 is 12.4 Å². The van der Waals surface area contributed by atoms with Crippen LogP contribution in [0.1, 0.15) is 81.5 Å². The number of fused-ring (bicyclic) bond motifs is 2. The number of aldehydes is 2. The lowest BCUT2D eigenvalue weighted by atomic mass is 10.0. The van der Waals surface area contributed by atoms with E-state index in [1.54, 1.807) is 48.5 Å². The standard InChI is InChI=1S/C15H17NO5.C11H9NO3.C2H4O.CH4/c17-9-7-10(21-13(18)8-9)5-6-16-14(19)11-3-1-2-4-12(11)15(16)20;13-7-3-6-12-10(14)8-4-1-2-5-9(8)11(12)15;1-2-3;/h1-4,9-10,13,17-18H,5-8H2;1-2,4-5,7H,3,6H2;2H,1H3;1H4/t9-,10-,13?;;;/m1.../s1. The number of hydrogen-bond acceptors (Lipinski definition) is 9. The fourth-order valence-electron chi connectivity index (χ4n) is 4.49. The average molecular weight is 555 g/mol. The molecule has 11 nitrogen and oxygen atoms in total. The molecule has 3 aliphatic rings. The Hall–Kier alpha value is -4.06. The van der Waals surface area contributed by atoms with Crippen LogP contribution in [-0.2, 0) is 14.3 Å². The summed E-state index contributed by atoms with van der Waals surface area (Å²) in [4.78, 5) is 69.1. The van der Waals surface area contributed by atoms with Crippen LogP contribution in [0.5, 0.6) is 0 Å². The van der Waals surface area contributed by atoms with Gasteiger partial charge in [0.25, 0.3) is 23.6 Å². The van der Waals surface area contributed by atoms with Crippen molar-refractivity contribution in [2.75, 3.05) is 13.1 Å². The van der Waals surface area contributed by atoms with Gasteiger partial charge in [-0.05, 0) is 44.0 Å². The largest absolute Gasteiger partial charge is 0.393 e. The van der Waals surface area contributed by atoms with Crippen LogP contribution in [0.4, 0.5) is 0 Å². The molecule has 3 heterocycles. The topological polar surface area (TPSA) is 159 Å². The average Bonchev–Trinajstić information content (AvgIpc) is 3.31. The Kier molecular flexibility index (Phi) is 12.0. The minimum Gasteiger partial charge on any atom is -0.393 e. The highest BCUT2D eigenvalue weighted by atomic mass is 16.6. The second kappa shape index (κ2) is 14.9. The third-order valence-electron chi connectivity index (χ3n) is 6.26. The van der Waals surface area contributed by atoms with Gasteiger partial charge >= 0.3 is 0 Å². The van der Waals surface area contributed by atoms with Crippen LogP contribution in [0.3, 0.4) is 0 Å². The normalized spacial score (nSPS) is 20.8. The highest BCUT2D eigenvalue weighted by Crippen LogP contribution is 2.25. The summed E-state index contributed by atoms with van der Waals surface area (Å²) in [5.41, 5.74) is 1.70. The highest BCUT2D eigenvalue weighted by Gasteiger charge is 2.36. The van der Waals surface area contributed by atoms with E-state index in [4.69, 9.17) is 9.53 Å². The molecule has 0 saturated carbocycles. The van der Waals surface area contributed by atoms with Crippen LogP contribution in [0.2, 0.25) is 0 Å². The lowest BCUT2D eigenvalue weighted by Gasteiger charge is -2.31. The van der Waals surface area contributed by atoms with Crippen molar-refractivity contribution in [3.63, 3.8) is 0 Å². The molecule has 2 aromatic carbocycles. The van der Waals surface area contributed by atoms with Gasteiger partial charge in [-0.3, -0.25) is 29.0 Å². The van der Waals surface area contributed by atoms with Crippen LogP contribution < -0.4 is 0 Å². The molecule has 11 heteroatoms. The van der Waals surface area contributed by atoms with E-state index in [9.17, 15) is 34.2 Å². The van der Waals surface area contributed by atoms with Gasteiger partial charge in [-0.15, -0.1) is 0 Å². The maximum Gasteiger partial charge on any atom is 0.261 e. The van der Waals surface area contributed by atoms with Gasteiger partial charge in [0, 0.05) is 25.9 Å². The summed E-state index contributed by atoms with van der Waals surface area (Å²) in [6.07, 6.45) is 0.688. The van der Waals surface area contributed by atoms with Crippen LogP contribution in [-0.4, -0.2) is 87.8 Å². The number of carbonyl (C=O) groups is 6. The quantitative estimate of drug-likeness (QED) is 0.403. The number of nitrogens with zero attached hydrogens (tertiary/aromatic N) is 2. The first kappa shape index (κ1) is 32.2. The van der Waals surface area contributed by atoms with Gasteiger partial charge in [0.1, 0.15) is 12.6 Å². The number of aliphatic hydroxyl groups is 2. The first-order chi connectivity index (χ1) is 18.7. The molecule has 2 aromatic rings. The Labute approximate surface area is 232 Å². The van der Waals surface area contributed by atoms with Gasteiger partial charge in [0.2, 0.25) is 0 Å². The molecule has 0 bridgehead atoms. The molecule has 0 spiro atoms. The van der Waals surface area contributed by atoms with Crippen molar-refractivity contribution in [2.24, 2.45) is 0 Å². The van der Waals surface area contributed by atoms with Gasteiger partial charge < -0.3 is 24.5 Å². The molecule has 0 aromatic heterocycles. The lowest BCUT2D eigenvalue weighted by molar-refractivity contribution is -0.190. The van der Waals surface area contributed by atoms with Crippen molar-refractivity contribution in [2.45, 2.75) is 58.5 Å². The number of rotatable bonds is 6. The summed E-state index contributed by atoms with van der Waals surface area (Å²) >= 11 is 0. The molecule has 1 saturated heterocycles. The van der Waals surface area contributed by atoms with Crippen molar-refractivity contribution in [3.8, 4) is 0 Å². The summed E-state index contributed by atoms with van der Waals surface area (Å²) in [7, 11) is 0. The van der Waals surface area contributed by atoms with E-state index in [-0.39, 0.29) is 63.1 Å². The SMILES string of the molecule is C.CC=O.O=C1c2ccccc2C(=O)N1CC[C@@H]1C[C@@H](O)CC(O)O1.O=CCCN1C(=O)c2ccccc2C1=O. The van der Waals surface area contributed by atoms with Gasteiger partial charge in [-0.1, -0.05) is 31.7 Å². The van der Waals surface area contributed by atoms with E-state index in [0.717, 1.165) is 11.2 Å². The molecular formula is C29H34N2O9. The van der Waals surface area contributed by atoms with Crippen molar-refractivity contribution >= 4 is 36.2 Å². The van der Waals surface area contributed by atoms with Crippen molar-refractivity contribution in [1.29, 1.82) is 0 Å². The number of imide groups is 2. The number of ether oxygens (including phenoxy) is 1. The van der Waals surface area contributed by atoms with Crippen LogP contribution in [0, 0.1) is 0 Å². The molecule has 214 valence electrons. The van der Waals surface area contributed by atoms with Crippen LogP contribution in [0.15, 0.2) is 48.5 Å². The molecule has 5 rings (SSSR count). The molecule has 1 unspecified atom stereocenters. The molecule has 1 fully saturated rings. The maximum atomic E-state index is 12.2. The smallest absolute Gasteiger partial charge is 0.261 e. The first-order valence-electron chi connectivity index (χ1n) is 12.5. The third kappa shape index (κ3) is 7.32. The zero-order valence-corrected chi connectivity index (χ0v) is 21.4. The zero-order chi connectivity index (χ0) is 28.5. The van der Waals surface area contributed by atoms with E-state index in [1.807, 2.05) is 0 Å². The van der Waals surface area contributed by atoms with Gasteiger partial charge in [-0.2, -0.15) is 0 Å². The lowest BCUT2D eigenvalue weighted by Crippen LogP contribution is -2.39. The second-order valence-corrected chi connectivity index (χ2v) is 8.93. The minimum atomic E-state index is -0.985. The van der Waals surface area contributed by atoms with Crippen LogP contribution >= 0.6 is 0 Å². The van der Waals surface area contributed by atoms with E-state index in [0.29, 0.717) is 41.4 Å². The summed E-state index contributed by atoms with van der Waals surface area (Å²) in [5, 5.41) is 19.1. The Balaban J connectivity index is 0.000000260. The van der Waals surface area contributed by atoms with Crippen molar-refractivity contribution < 1.29 is 43.7 Å². The number of amides is 4. The molecule has 0 aliphatic carbocycles. The summed E-state index contributed by atoms with van der Waals surface area (Å²) in [6.45, 7) is 1.83. The van der Waals surface area contributed by atoms with Crippen molar-refractivity contribution in [3.05, 3.63) is 70.8 Å². The molecule has 3 atom stereocenters. The fourth-order valence-corrected chi connectivity index (χ4v) is 4.49. The summed E-state index contributed by atoms with van der Waals surface area (Å²) in [5.74, 6) is -1.21. The Morgan fingerprint density at radius 2 is 1.18 bits per heavy atom. The third-order valence-corrected chi connectivity index (χ3v) is 6.26. The minimum absolute atomic E-state index is 0. The monoisotopic (exact) mass is 554 g/mol. The van der Waals surface area contributed by atoms with E-state index in [2.05, 4.69) is 0 Å². The van der Waals surface area contributed by atoms with E-state index in [1.165, 1.54) is 11.8 Å². The summed E-state index contributed by atoms with van der Waals surface area (Å²) < 4.78 is 5.31. The number of aliphatic hydroxyl groups excluding tert-OH is 2. The van der Waals surface area contributed by atoms with Gasteiger partial charge in [0.05, 0.1) is 34.5 Å². The molecule has 3 aliphatic heterocycles. The zero-order valence-electron chi connectivity index (χ0n) is 21.4. The highest BCUT2D eigenvalue weighted by molar-refractivity contribution is 6.22. The number of hydrogen-bond donors (Lipinski definition) is 2. The van der Waals surface area contributed by atoms with Crippen LogP contribution in [0.25, 0.3) is 0 Å². The van der Waals surface area contributed by atoms with Crippen molar-refractivity contribution in [1.82, 2.24) is 9.80 Å². The molecule has 4 amide bonds. The van der Waals surface area contributed by atoms with E-state index >= 15 is 0 Å². The molecule has 2 N–H and O–H groups in total. The predicted molar refractivity (Wildman–Crippen MR) is 144 cm³/mol. The molecule has 40 heavy (non-hydrogen) atoms.